The molecule has 0 fully saturated rings. The number of aromatic nitrogens is 4. The van der Waals surface area contributed by atoms with Gasteiger partial charge >= 0.3 is 0 Å². The molecule has 4 aromatic rings. The third-order valence-electron chi connectivity index (χ3n) is 10.6. The van der Waals surface area contributed by atoms with E-state index in [9.17, 15) is 0 Å². The van der Waals surface area contributed by atoms with E-state index in [-0.39, 0.29) is 0 Å². The summed E-state index contributed by atoms with van der Waals surface area (Å²) >= 11 is 1.24. The Morgan fingerprint density at radius 3 is 1.48 bits per heavy atom. The molecule has 2 heterocycles. The Bertz CT molecular complexity index is 1800. The molecule has 0 spiro atoms. The largest absolute Gasteiger partial charge is 0.247 e. The maximum absolute atomic E-state index is 5.40. The average molecular weight is 637 g/mol. The second kappa shape index (κ2) is 12.2. The molecule has 4 nitrogen and oxygen atoms in total. The lowest BCUT2D eigenvalue weighted by atomic mass is 10.0. The van der Waals surface area contributed by atoms with Crippen LogP contribution in [0.4, 0.5) is 0 Å². The summed E-state index contributed by atoms with van der Waals surface area (Å²) in [6.07, 6.45) is 0.780. The van der Waals surface area contributed by atoms with E-state index in [1.54, 1.807) is 0 Å². The second-order valence-corrected chi connectivity index (χ2v) is 26.2. The van der Waals surface area contributed by atoms with Gasteiger partial charge in [-0.15, -0.1) is 11.1 Å². The molecular weight excluding hydrogens is 589 g/mol. The molecule has 0 radical (unpaired) electrons. The van der Waals surface area contributed by atoms with Gasteiger partial charge < -0.3 is 0 Å². The van der Waals surface area contributed by atoms with Gasteiger partial charge in [0.1, 0.15) is 38.2 Å². The second-order valence-electron chi connectivity index (χ2n) is 14.6. The van der Waals surface area contributed by atoms with Crippen molar-refractivity contribution in [3.63, 3.8) is 0 Å². The number of benzene rings is 2. The molecule has 0 unspecified atom stereocenters. The summed E-state index contributed by atoms with van der Waals surface area (Å²) in [5.74, 6) is 7.49. The van der Waals surface area contributed by atoms with Crippen molar-refractivity contribution in [1.29, 1.82) is 0 Å². The van der Waals surface area contributed by atoms with E-state index in [1.165, 1.54) is 22.9 Å². The molecule has 0 N–H and O–H groups in total. The topological polar surface area (TPSA) is 51.6 Å². The number of hydrogen-bond acceptors (Lipinski definition) is 5. The Hall–Kier alpha value is -2.85. The fraction of sp³-hybridized carbons (Fsp3) is 0.514. The Morgan fingerprint density at radius 1 is 0.591 bits per heavy atom. The molecule has 0 amide bonds. The third-order valence-corrected chi connectivity index (χ3v) is 23.7. The summed E-state index contributed by atoms with van der Waals surface area (Å²) in [6, 6.07) is 8.54. The maximum Gasteiger partial charge on any atom is 0.146 e. The molecule has 0 saturated carbocycles. The van der Waals surface area contributed by atoms with E-state index in [0.29, 0.717) is 33.2 Å². The highest BCUT2D eigenvalue weighted by Gasteiger charge is 2.43. The molecule has 7 heteroatoms. The van der Waals surface area contributed by atoms with Crippen molar-refractivity contribution in [3.05, 3.63) is 46.6 Å². The first-order valence-electron chi connectivity index (χ1n) is 16.4. The molecule has 0 bridgehead atoms. The molecule has 1 aliphatic carbocycles. The number of fused-ring (bicyclic) bond motifs is 5. The minimum Gasteiger partial charge on any atom is -0.247 e. The van der Waals surface area contributed by atoms with Crippen molar-refractivity contribution < 1.29 is 0 Å². The van der Waals surface area contributed by atoms with Crippen LogP contribution in [0.25, 0.3) is 33.3 Å². The van der Waals surface area contributed by atoms with Crippen LogP contribution in [0.15, 0.2) is 24.3 Å². The Morgan fingerprint density at radius 2 is 1.02 bits per heavy atom. The zero-order chi connectivity index (χ0) is 32.1. The standard InChI is InChI=1S/C37H48N4SSi2/c1-22(2)43(23(3)4,24(5)6)19-17-30-34-35(39-33-29-16-14-13-15-28(29)21-32(33)38-34)31(37-36(30)40-42-41-37)18-20-44(25(7)8,26(9)10)27(11)12/h13-16,22-27H,21H2,1-12H3. The van der Waals surface area contributed by atoms with Gasteiger partial charge in [-0.3, -0.25) is 0 Å². The predicted molar refractivity (Wildman–Crippen MR) is 195 cm³/mol. The lowest BCUT2D eigenvalue weighted by molar-refractivity contribution is 0.838. The summed E-state index contributed by atoms with van der Waals surface area (Å²) < 4.78 is 9.74. The maximum atomic E-state index is 5.40. The lowest BCUT2D eigenvalue weighted by Crippen LogP contribution is -2.43. The molecule has 1 aliphatic rings. The van der Waals surface area contributed by atoms with Crippen molar-refractivity contribution >= 4 is 49.9 Å². The van der Waals surface area contributed by atoms with Crippen LogP contribution in [0.3, 0.4) is 0 Å². The highest BCUT2D eigenvalue weighted by atomic mass is 32.1. The monoisotopic (exact) mass is 636 g/mol. The molecule has 2 aromatic heterocycles. The Labute approximate surface area is 271 Å². The normalized spacial score (nSPS) is 13.3. The molecule has 2 aromatic carbocycles. The van der Waals surface area contributed by atoms with E-state index in [4.69, 9.17) is 18.7 Å². The van der Waals surface area contributed by atoms with Gasteiger partial charge in [-0.05, 0) is 38.8 Å². The third kappa shape index (κ3) is 5.06. The SMILES string of the molecule is CC(C)[Si](C#Cc1c2nsnc2c(C#C[Si](C(C)C)(C(C)C)C(C)C)c2nc3c(nc12)Cc1ccccc1-3)(C(C)C)C(C)C. The number of hydrogen-bond donors (Lipinski definition) is 0. The van der Waals surface area contributed by atoms with Gasteiger partial charge in [-0.2, -0.15) is 8.75 Å². The first-order chi connectivity index (χ1) is 20.8. The Kier molecular flexibility index (Phi) is 8.99. The van der Waals surface area contributed by atoms with E-state index in [1.807, 2.05) is 0 Å². The molecule has 0 aliphatic heterocycles. The smallest absolute Gasteiger partial charge is 0.146 e. The van der Waals surface area contributed by atoms with Crippen LogP contribution >= 0.6 is 11.7 Å². The molecule has 230 valence electrons. The van der Waals surface area contributed by atoms with E-state index >= 15 is 0 Å². The van der Waals surface area contributed by atoms with Crippen molar-refractivity contribution in [2.75, 3.05) is 0 Å². The van der Waals surface area contributed by atoms with Gasteiger partial charge in [0.05, 0.1) is 34.2 Å². The van der Waals surface area contributed by atoms with Gasteiger partial charge in [0.15, 0.2) is 0 Å². The molecule has 44 heavy (non-hydrogen) atoms. The summed E-state index contributed by atoms with van der Waals surface area (Å²) in [6.45, 7) is 28.3. The number of rotatable bonds is 6. The van der Waals surface area contributed by atoms with Crippen LogP contribution in [0.5, 0.6) is 0 Å². The van der Waals surface area contributed by atoms with E-state index < -0.39 is 16.1 Å². The van der Waals surface area contributed by atoms with Gasteiger partial charge in [-0.25, -0.2) is 9.97 Å². The Balaban J connectivity index is 1.90. The highest BCUT2D eigenvalue weighted by molar-refractivity contribution is 7.00. The predicted octanol–water partition coefficient (Wildman–Crippen LogP) is 10.3. The summed E-state index contributed by atoms with van der Waals surface area (Å²) in [7, 11) is -4.02. The fourth-order valence-electron chi connectivity index (χ4n) is 8.43. The molecule has 0 saturated heterocycles. The summed E-state index contributed by atoms with van der Waals surface area (Å²) in [4.78, 5) is 10.8. The molecule has 5 rings (SSSR count). The zero-order valence-electron chi connectivity index (χ0n) is 28.7. The van der Waals surface area contributed by atoms with Crippen molar-refractivity contribution in [3.8, 4) is 34.2 Å². The van der Waals surface area contributed by atoms with Crippen LogP contribution in [0.2, 0.25) is 33.2 Å². The quantitative estimate of drug-likeness (QED) is 0.137. The van der Waals surface area contributed by atoms with Gasteiger partial charge in [0, 0.05) is 12.0 Å². The number of nitrogens with zero attached hydrogens (tertiary/aromatic N) is 4. The van der Waals surface area contributed by atoms with Crippen LogP contribution in [-0.2, 0) is 6.42 Å². The zero-order valence-corrected chi connectivity index (χ0v) is 31.5. The summed E-state index contributed by atoms with van der Waals surface area (Å²) in [5, 5.41) is 0. The van der Waals surface area contributed by atoms with Crippen LogP contribution in [0.1, 0.15) is 105 Å². The molecular formula is C37H48N4SSi2. The average Bonchev–Trinajstić information content (AvgIpc) is 3.57. The van der Waals surface area contributed by atoms with Crippen molar-refractivity contribution in [1.82, 2.24) is 18.7 Å². The van der Waals surface area contributed by atoms with Crippen LogP contribution in [-0.4, -0.2) is 34.9 Å². The lowest BCUT2D eigenvalue weighted by Gasteiger charge is -2.38. The van der Waals surface area contributed by atoms with Gasteiger partial charge in [0.25, 0.3) is 0 Å². The minimum atomic E-state index is -2.01. The van der Waals surface area contributed by atoms with Crippen molar-refractivity contribution in [2.24, 2.45) is 0 Å². The molecule has 0 atom stereocenters. The minimum absolute atomic E-state index is 0.527. The highest BCUT2D eigenvalue weighted by Crippen LogP contribution is 2.43. The van der Waals surface area contributed by atoms with E-state index in [2.05, 4.69) is 130 Å². The first kappa shape index (κ1) is 32.5. The van der Waals surface area contributed by atoms with Gasteiger partial charge in [0.2, 0.25) is 0 Å². The first-order valence-corrected chi connectivity index (χ1v) is 21.6. The van der Waals surface area contributed by atoms with Gasteiger partial charge in [-0.1, -0.05) is 119 Å². The van der Waals surface area contributed by atoms with E-state index in [0.717, 1.165) is 51.0 Å². The van der Waals surface area contributed by atoms with Crippen LogP contribution < -0.4 is 0 Å². The summed E-state index contributed by atoms with van der Waals surface area (Å²) in [5.41, 5.74) is 20.5. The van der Waals surface area contributed by atoms with Crippen LogP contribution in [0, 0.1) is 22.9 Å². The van der Waals surface area contributed by atoms with Crippen molar-refractivity contribution in [2.45, 2.75) is 123 Å². The fourth-order valence-corrected chi connectivity index (χ4v) is 19.4.